The number of rotatable bonds is 7. The van der Waals surface area contributed by atoms with Crippen LogP contribution in [0.3, 0.4) is 0 Å². The van der Waals surface area contributed by atoms with Gasteiger partial charge in [0.25, 0.3) is 0 Å². The largest absolute Gasteiger partial charge is 0.379 e. The summed E-state index contributed by atoms with van der Waals surface area (Å²) in [6.07, 6.45) is 5.32. The monoisotopic (exact) mass is 292 g/mol. The molecule has 2 rings (SSSR count). The lowest BCUT2D eigenvalue weighted by atomic mass is 10.1. The first-order chi connectivity index (χ1) is 10.2. The Labute approximate surface area is 127 Å². The Hall–Kier alpha value is -1.36. The lowest BCUT2D eigenvalue weighted by Crippen LogP contribution is -2.31. The van der Waals surface area contributed by atoms with Gasteiger partial charge in [-0.15, -0.1) is 0 Å². The van der Waals surface area contributed by atoms with E-state index in [1.807, 2.05) is 0 Å². The fourth-order valence-corrected chi connectivity index (χ4v) is 2.50. The summed E-state index contributed by atoms with van der Waals surface area (Å²) in [5.74, 6) is 2.85. The molecule has 2 N–H and O–H groups in total. The molecule has 1 unspecified atom stereocenters. The Kier molecular flexibility index (Phi) is 6.23. The molecule has 118 valence electrons. The van der Waals surface area contributed by atoms with E-state index in [4.69, 9.17) is 9.72 Å². The maximum atomic E-state index is 5.55. The maximum absolute atomic E-state index is 5.55. The van der Waals surface area contributed by atoms with Gasteiger partial charge >= 0.3 is 0 Å². The molecule has 5 nitrogen and oxygen atoms in total. The lowest BCUT2D eigenvalue weighted by molar-refractivity contribution is 0.0875. The average molecular weight is 292 g/mol. The van der Waals surface area contributed by atoms with E-state index >= 15 is 0 Å². The summed E-state index contributed by atoms with van der Waals surface area (Å²) in [5, 5.41) is 6.97. The van der Waals surface area contributed by atoms with E-state index in [-0.39, 0.29) is 0 Å². The van der Waals surface area contributed by atoms with E-state index in [0.29, 0.717) is 6.04 Å². The molecule has 0 aliphatic carbocycles. The number of nitrogens with zero attached hydrogens (tertiary/aromatic N) is 2. The summed E-state index contributed by atoms with van der Waals surface area (Å²) in [7, 11) is 0. The van der Waals surface area contributed by atoms with Crippen molar-refractivity contribution in [2.24, 2.45) is 0 Å². The third-order valence-corrected chi connectivity index (χ3v) is 3.71. The highest BCUT2D eigenvalue weighted by atomic mass is 16.5. The number of nitrogens with one attached hydrogen (secondary N) is 2. The molecule has 1 atom stereocenters. The van der Waals surface area contributed by atoms with Gasteiger partial charge in [-0.05, 0) is 32.6 Å². The normalized spacial score (nSPS) is 18.5. The van der Waals surface area contributed by atoms with Crippen molar-refractivity contribution in [3.63, 3.8) is 0 Å². The Bertz CT molecular complexity index is 444. The van der Waals surface area contributed by atoms with Crippen LogP contribution in [-0.2, 0) is 11.2 Å². The van der Waals surface area contributed by atoms with Crippen LogP contribution in [-0.4, -0.2) is 35.8 Å². The third-order valence-electron chi connectivity index (χ3n) is 3.71. The van der Waals surface area contributed by atoms with Gasteiger partial charge < -0.3 is 15.4 Å². The third kappa shape index (κ3) is 4.56. The van der Waals surface area contributed by atoms with Crippen LogP contribution in [0, 0.1) is 6.92 Å². The number of ether oxygens (including phenoxy) is 1. The maximum Gasteiger partial charge on any atom is 0.135 e. The van der Waals surface area contributed by atoms with Gasteiger partial charge in [-0.25, -0.2) is 9.97 Å². The second kappa shape index (κ2) is 8.17. The van der Waals surface area contributed by atoms with E-state index < -0.39 is 0 Å². The van der Waals surface area contributed by atoms with Gasteiger partial charge in [-0.3, -0.25) is 0 Å². The molecular weight excluding hydrogens is 264 g/mol. The Balaban J connectivity index is 2.17. The number of anilines is 2. The van der Waals surface area contributed by atoms with Gasteiger partial charge in [0.15, 0.2) is 0 Å². The molecule has 0 aromatic carbocycles. The molecule has 0 saturated carbocycles. The van der Waals surface area contributed by atoms with Crippen molar-refractivity contribution in [1.82, 2.24) is 9.97 Å². The van der Waals surface area contributed by atoms with Gasteiger partial charge in [0.2, 0.25) is 0 Å². The van der Waals surface area contributed by atoms with Crippen molar-refractivity contribution in [1.29, 1.82) is 0 Å². The zero-order valence-electron chi connectivity index (χ0n) is 13.5. The van der Waals surface area contributed by atoms with Crippen LogP contribution < -0.4 is 10.6 Å². The number of hydrogen-bond donors (Lipinski definition) is 2. The minimum Gasteiger partial charge on any atom is -0.379 e. The first-order valence-electron chi connectivity index (χ1n) is 8.20. The Morgan fingerprint density at radius 1 is 1.19 bits per heavy atom. The minimum absolute atomic E-state index is 0.362. The van der Waals surface area contributed by atoms with Crippen molar-refractivity contribution in [2.45, 2.75) is 58.9 Å². The highest BCUT2D eigenvalue weighted by Gasteiger charge is 2.17. The van der Waals surface area contributed by atoms with Crippen LogP contribution in [0.15, 0.2) is 0 Å². The fourth-order valence-electron chi connectivity index (χ4n) is 2.50. The Morgan fingerprint density at radius 2 is 2.00 bits per heavy atom. The second-order valence-corrected chi connectivity index (χ2v) is 5.70. The predicted octanol–water partition coefficient (Wildman–Crippen LogP) is 3.15. The van der Waals surface area contributed by atoms with Crippen LogP contribution in [0.1, 0.15) is 50.9 Å². The number of aromatic nitrogens is 2. The highest BCUT2D eigenvalue weighted by Crippen LogP contribution is 2.23. The molecule has 0 amide bonds. The molecule has 1 fully saturated rings. The van der Waals surface area contributed by atoms with Crippen molar-refractivity contribution in [3.8, 4) is 0 Å². The van der Waals surface area contributed by atoms with Crippen molar-refractivity contribution in [3.05, 3.63) is 11.4 Å². The molecule has 1 aliphatic heterocycles. The number of hydrogen-bond acceptors (Lipinski definition) is 5. The lowest BCUT2D eigenvalue weighted by Gasteiger charge is -2.25. The first kappa shape index (κ1) is 16.0. The molecule has 2 heterocycles. The zero-order chi connectivity index (χ0) is 15.1. The van der Waals surface area contributed by atoms with Crippen LogP contribution in [0.5, 0.6) is 0 Å². The van der Waals surface area contributed by atoms with E-state index in [1.54, 1.807) is 0 Å². The molecule has 21 heavy (non-hydrogen) atoms. The Morgan fingerprint density at radius 3 is 2.67 bits per heavy atom. The summed E-state index contributed by atoms with van der Waals surface area (Å²) < 4.78 is 5.55. The van der Waals surface area contributed by atoms with Crippen LogP contribution >= 0.6 is 0 Å². The SMILES string of the molecule is CCCNc1nc(CCC)nc(NC2CCCOC2)c1C. The van der Waals surface area contributed by atoms with Crippen molar-refractivity contribution >= 4 is 11.6 Å². The van der Waals surface area contributed by atoms with Crippen molar-refractivity contribution < 1.29 is 4.74 Å². The summed E-state index contributed by atoms with van der Waals surface area (Å²) in [5.41, 5.74) is 1.11. The molecule has 0 radical (unpaired) electrons. The molecule has 1 aromatic rings. The van der Waals surface area contributed by atoms with Gasteiger partial charge in [-0.2, -0.15) is 0 Å². The molecule has 1 aromatic heterocycles. The van der Waals surface area contributed by atoms with E-state index in [0.717, 1.165) is 74.9 Å². The molecule has 0 spiro atoms. The van der Waals surface area contributed by atoms with Gasteiger partial charge in [-0.1, -0.05) is 13.8 Å². The fraction of sp³-hybridized carbons (Fsp3) is 0.750. The molecular formula is C16H28N4O. The van der Waals surface area contributed by atoms with Crippen LogP contribution in [0.2, 0.25) is 0 Å². The molecule has 5 heteroatoms. The van der Waals surface area contributed by atoms with Crippen LogP contribution in [0.4, 0.5) is 11.6 Å². The first-order valence-corrected chi connectivity index (χ1v) is 8.20. The number of aryl methyl sites for hydroxylation is 1. The zero-order valence-corrected chi connectivity index (χ0v) is 13.5. The quantitative estimate of drug-likeness (QED) is 0.808. The van der Waals surface area contributed by atoms with E-state index in [9.17, 15) is 0 Å². The molecule has 0 bridgehead atoms. The van der Waals surface area contributed by atoms with Crippen LogP contribution in [0.25, 0.3) is 0 Å². The van der Waals surface area contributed by atoms with Crippen molar-refractivity contribution in [2.75, 3.05) is 30.4 Å². The van der Waals surface area contributed by atoms with Gasteiger partial charge in [0, 0.05) is 25.1 Å². The summed E-state index contributed by atoms with van der Waals surface area (Å²) in [6, 6.07) is 0.362. The highest BCUT2D eigenvalue weighted by molar-refractivity contribution is 5.57. The van der Waals surface area contributed by atoms with E-state index in [2.05, 4.69) is 36.4 Å². The average Bonchev–Trinajstić information content (AvgIpc) is 2.50. The summed E-state index contributed by atoms with van der Waals surface area (Å²) in [4.78, 5) is 9.37. The second-order valence-electron chi connectivity index (χ2n) is 5.70. The van der Waals surface area contributed by atoms with Gasteiger partial charge in [0.05, 0.1) is 12.6 Å². The minimum atomic E-state index is 0.362. The summed E-state index contributed by atoms with van der Waals surface area (Å²) in [6.45, 7) is 8.99. The molecule has 1 saturated heterocycles. The summed E-state index contributed by atoms with van der Waals surface area (Å²) >= 11 is 0. The molecule has 1 aliphatic rings. The smallest absolute Gasteiger partial charge is 0.135 e. The predicted molar refractivity (Wildman–Crippen MR) is 87.0 cm³/mol. The standard InChI is InChI=1S/C16H28N4O/c1-4-7-14-19-15(17-9-5-2)12(3)16(20-14)18-13-8-6-10-21-11-13/h13H,4-11H2,1-3H3,(H2,17,18,19,20). The van der Waals surface area contributed by atoms with E-state index in [1.165, 1.54) is 0 Å². The van der Waals surface area contributed by atoms with Gasteiger partial charge in [0.1, 0.15) is 17.5 Å². The topological polar surface area (TPSA) is 59.1 Å².